The second-order valence-electron chi connectivity index (χ2n) is 10.1. The van der Waals surface area contributed by atoms with Gasteiger partial charge in [0.1, 0.15) is 9.84 Å². The van der Waals surface area contributed by atoms with Gasteiger partial charge in [0.25, 0.3) is 0 Å². The predicted molar refractivity (Wildman–Crippen MR) is 125 cm³/mol. The fourth-order valence-electron chi connectivity index (χ4n) is 5.62. The highest BCUT2D eigenvalue weighted by atomic mass is 32.2. The van der Waals surface area contributed by atoms with Crippen molar-refractivity contribution in [3.05, 3.63) is 41.5 Å². The van der Waals surface area contributed by atoms with Crippen LogP contribution in [0.3, 0.4) is 0 Å². The first-order chi connectivity index (χ1) is 14.4. The summed E-state index contributed by atoms with van der Waals surface area (Å²) < 4.78 is 22.4. The maximum atomic E-state index is 11.2. The zero-order valence-corrected chi connectivity index (χ0v) is 19.5. The molecule has 3 fully saturated rings. The third-order valence-electron chi connectivity index (χ3n) is 7.24. The summed E-state index contributed by atoms with van der Waals surface area (Å²) in [5, 5.41) is 3.94. The average molecular weight is 431 g/mol. The van der Waals surface area contributed by atoms with Crippen molar-refractivity contribution in [1.82, 2.24) is 10.2 Å². The van der Waals surface area contributed by atoms with E-state index in [1.54, 1.807) is 5.57 Å². The van der Waals surface area contributed by atoms with Crippen molar-refractivity contribution < 1.29 is 8.42 Å². The molecule has 1 saturated heterocycles. The molecule has 0 aromatic heterocycles. The molecule has 4 rings (SSSR count). The Morgan fingerprint density at radius 1 is 1.17 bits per heavy atom. The minimum absolute atomic E-state index is 0.340. The molecule has 2 aliphatic carbocycles. The first kappa shape index (κ1) is 22.0. The molecule has 5 heteroatoms. The largest absolute Gasteiger partial charge is 0.311 e. The SMILES string of the molecule is CC/C(=C\c1ccccc1)[C@@H]1C[C@H]1NC1CC2(C1)CN(CCCCCS(C)(=O)=O)C2. The Morgan fingerprint density at radius 2 is 1.90 bits per heavy atom. The summed E-state index contributed by atoms with van der Waals surface area (Å²) in [6, 6.07) is 12.1. The van der Waals surface area contributed by atoms with E-state index in [4.69, 9.17) is 0 Å². The van der Waals surface area contributed by atoms with Gasteiger partial charge in [0.05, 0.1) is 0 Å². The van der Waals surface area contributed by atoms with E-state index in [2.05, 4.69) is 53.5 Å². The van der Waals surface area contributed by atoms with E-state index >= 15 is 0 Å². The van der Waals surface area contributed by atoms with E-state index in [-0.39, 0.29) is 0 Å². The van der Waals surface area contributed by atoms with Crippen molar-refractivity contribution in [3.63, 3.8) is 0 Å². The number of likely N-dealkylation sites (tertiary alicyclic amines) is 1. The van der Waals surface area contributed by atoms with Crippen molar-refractivity contribution in [2.45, 2.75) is 64.0 Å². The molecule has 30 heavy (non-hydrogen) atoms. The summed E-state index contributed by atoms with van der Waals surface area (Å²) in [6.07, 6.45) is 11.8. The molecule has 2 saturated carbocycles. The summed E-state index contributed by atoms with van der Waals surface area (Å²) in [4.78, 5) is 2.56. The van der Waals surface area contributed by atoms with Crippen LogP contribution in [0.4, 0.5) is 0 Å². The third kappa shape index (κ3) is 5.74. The van der Waals surface area contributed by atoms with Crippen LogP contribution in [-0.2, 0) is 9.84 Å². The highest BCUT2D eigenvalue weighted by molar-refractivity contribution is 7.90. The number of nitrogens with one attached hydrogen (secondary N) is 1. The fraction of sp³-hybridized carbons (Fsp3) is 0.680. The number of benzene rings is 1. The number of rotatable bonds is 11. The Balaban J connectivity index is 1.11. The van der Waals surface area contributed by atoms with Crippen molar-refractivity contribution in [2.24, 2.45) is 11.3 Å². The summed E-state index contributed by atoms with van der Waals surface area (Å²) in [5.74, 6) is 1.07. The lowest BCUT2D eigenvalue weighted by molar-refractivity contribution is -0.0793. The van der Waals surface area contributed by atoms with E-state index in [1.807, 2.05) is 0 Å². The van der Waals surface area contributed by atoms with Gasteiger partial charge in [0.2, 0.25) is 0 Å². The molecular weight excluding hydrogens is 392 g/mol. The molecule has 1 N–H and O–H groups in total. The maximum Gasteiger partial charge on any atom is 0.147 e. The van der Waals surface area contributed by atoms with Gasteiger partial charge in [0.15, 0.2) is 0 Å². The Labute approximate surface area is 183 Å². The minimum atomic E-state index is -2.79. The van der Waals surface area contributed by atoms with Gasteiger partial charge >= 0.3 is 0 Å². The van der Waals surface area contributed by atoms with Gasteiger partial charge in [-0.3, -0.25) is 0 Å². The van der Waals surface area contributed by atoms with Crippen LogP contribution in [0.5, 0.6) is 0 Å². The highest BCUT2D eigenvalue weighted by Crippen LogP contribution is 2.50. The number of sulfone groups is 1. The number of hydrogen-bond acceptors (Lipinski definition) is 4. The van der Waals surface area contributed by atoms with E-state index < -0.39 is 9.84 Å². The van der Waals surface area contributed by atoms with Gasteiger partial charge in [0, 0.05) is 37.2 Å². The molecule has 1 aromatic carbocycles. The van der Waals surface area contributed by atoms with E-state index in [0.717, 1.165) is 38.1 Å². The lowest BCUT2D eigenvalue weighted by Crippen LogP contribution is -2.66. The summed E-state index contributed by atoms with van der Waals surface area (Å²) in [6.45, 7) is 5.92. The van der Waals surface area contributed by atoms with Crippen molar-refractivity contribution in [2.75, 3.05) is 31.6 Å². The molecule has 2 atom stereocenters. The van der Waals surface area contributed by atoms with E-state index in [0.29, 0.717) is 23.3 Å². The predicted octanol–water partition coefficient (Wildman–Crippen LogP) is 4.14. The normalized spacial score (nSPS) is 26.4. The van der Waals surface area contributed by atoms with Crippen LogP contribution in [0.25, 0.3) is 6.08 Å². The van der Waals surface area contributed by atoms with Crippen LogP contribution in [0.2, 0.25) is 0 Å². The van der Waals surface area contributed by atoms with Crippen molar-refractivity contribution in [3.8, 4) is 0 Å². The van der Waals surface area contributed by atoms with Gasteiger partial charge < -0.3 is 10.2 Å². The quantitative estimate of drug-likeness (QED) is 0.536. The van der Waals surface area contributed by atoms with Gasteiger partial charge in [-0.2, -0.15) is 0 Å². The van der Waals surface area contributed by atoms with E-state index in [1.165, 1.54) is 44.2 Å². The molecule has 3 aliphatic rings. The van der Waals surface area contributed by atoms with Crippen molar-refractivity contribution >= 4 is 15.9 Å². The lowest BCUT2D eigenvalue weighted by atomic mass is 9.60. The van der Waals surface area contributed by atoms with Crippen LogP contribution in [0.15, 0.2) is 35.9 Å². The van der Waals surface area contributed by atoms with Crippen LogP contribution in [0, 0.1) is 11.3 Å². The summed E-state index contributed by atoms with van der Waals surface area (Å²) in [5.41, 5.74) is 3.51. The van der Waals surface area contributed by atoms with E-state index in [9.17, 15) is 8.42 Å². The number of hydrogen-bond donors (Lipinski definition) is 1. The van der Waals surface area contributed by atoms with Gasteiger partial charge in [-0.05, 0) is 62.0 Å². The number of nitrogens with zero attached hydrogens (tertiary/aromatic N) is 1. The van der Waals surface area contributed by atoms with Gasteiger partial charge in [-0.25, -0.2) is 8.42 Å². The Hall–Kier alpha value is -1.17. The molecule has 1 heterocycles. The number of unbranched alkanes of at least 4 members (excludes halogenated alkanes) is 2. The molecule has 1 aromatic rings. The molecule has 0 bridgehead atoms. The Bertz CT molecular complexity index is 835. The molecule has 1 spiro atoms. The minimum Gasteiger partial charge on any atom is -0.311 e. The Morgan fingerprint density at radius 3 is 2.57 bits per heavy atom. The average Bonchev–Trinajstić information content (AvgIpc) is 3.40. The standard InChI is InChI=1S/C25H38N2O2S/c1-3-21(14-20-10-6-4-7-11-20)23-15-24(23)26-22-16-25(17-22)18-27(19-25)12-8-5-9-13-30(2,28)29/h4,6-7,10-11,14,22-24,26H,3,5,8-9,12-13,15-19H2,1-2H3/b21-14+/t23-,24+/m0/s1. The fourth-order valence-corrected chi connectivity index (χ4v) is 6.35. The second kappa shape index (κ2) is 9.13. The topological polar surface area (TPSA) is 49.4 Å². The zero-order chi connectivity index (χ0) is 21.2. The first-order valence-electron chi connectivity index (χ1n) is 11.8. The van der Waals surface area contributed by atoms with Gasteiger partial charge in [-0.15, -0.1) is 0 Å². The second-order valence-corrected chi connectivity index (χ2v) is 12.4. The monoisotopic (exact) mass is 430 g/mol. The zero-order valence-electron chi connectivity index (χ0n) is 18.6. The molecule has 166 valence electrons. The molecule has 0 unspecified atom stereocenters. The third-order valence-corrected chi connectivity index (χ3v) is 8.27. The first-order valence-corrected chi connectivity index (χ1v) is 13.8. The maximum absolute atomic E-state index is 11.2. The molecular formula is C25H38N2O2S. The van der Waals surface area contributed by atoms with Crippen molar-refractivity contribution in [1.29, 1.82) is 0 Å². The summed E-state index contributed by atoms with van der Waals surface area (Å²) in [7, 11) is -2.79. The van der Waals surface area contributed by atoms with Crippen LogP contribution < -0.4 is 5.32 Å². The Kier molecular flexibility index (Phi) is 6.71. The highest BCUT2D eigenvalue weighted by Gasteiger charge is 2.53. The van der Waals surface area contributed by atoms with Gasteiger partial charge in [-0.1, -0.05) is 55.3 Å². The smallest absolute Gasteiger partial charge is 0.147 e. The molecule has 0 radical (unpaired) electrons. The summed E-state index contributed by atoms with van der Waals surface area (Å²) >= 11 is 0. The van der Waals surface area contributed by atoms with Crippen LogP contribution in [0.1, 0.15) is 57.4 Å². The van der Waals surface area contributed by atoms with Crippen LogP contribution >= 0.6 is 0 Å². The molecule has 0 amide bonds. The molecule has 1 aliphatic heterocycles. The molecule has 4 nitrogen and oxygen atoms in total. The van der Waals surface area contributed by atoms with Crippen LogP contribution in [-0.4, -0.2) is 57.0 Å². The lowest BCUT2D eigenvalue weighted by Gasteiger charge is -2.59.